The highest BCUT2D eigenvalue weighted by atomic mass is 16.5. The molecule has 3 aromatic rings. The van der Waals surface area contributed by atoms with Gasteiger partial charge >= 0.3 is 5.97 Å². The van der Waals surface area contributed by atoms with Crippen LogP contribution in [0.2, 0.25) is 0 Å². The maximum absolute atomic E-state index is 12.3. The second kappa shape index (κ2) is 7.12. The molecule has 0 spiro atoms. The zero-order valence-electron chi connectivity index (χ0n) is 14.0. The molecule has 1 amide bonds. The maximum Gasteiger partial charge on any atom is 0.338 e. The number of para-hydroxylation sites is 1. The Kier molecular flexibility index (Phi) is 4.74. The van der Waals surface area contributed by atoms with Crippen molar-refractivity contribution in [1.82, 2.24) is 15.0 Å². The number of hydrogen-bond donors (Lipinski definition) is 1. The molecule has 0 bridgehead atoms. The number of nitrogens with one attached hydrogen (secondary N) is 1. The summed E-state index contributed by atoms with van der Waals surface area (Å²) in [4.78, 5) is 24.4. The Hall–Kier alpha value is -3.22. The first-order chi connectivity index (χ1) is 12.1. The summed E-state index contributed by atoms with van der Waals surface area (Å²) in [5, 5.41) is 10.7. The van der Waals surface area contributed by atoms with Crippen molar-refractivity contribution in [3.05, 3.63) is 54.1 Å². The molecule has 0 saturated heterocycles. The van der Waals surface area contributed by atoms with Crippen molar-refractivity contribution in [2.24, 2.45) is 0 Å². The smallest absolute Gasteiger partial charge is 0.338 e. The molecule has 128 valence electrons. The van der Waals surface area contributed by atoms with E-state index in [4.69, 9.17) is 4.74 Å². The van der Waals surface area contributed by atoms with Crippen LogP contribution in [-0.2, 0) is 16.1 Å². The fourth-order valence-corrected chi connectivity index (χ4v) is 2.38. The molecule has 1 aromatic heterocycles. The highest BCUT2D eigenvalue weighted by Crippen LogP contribution is 2.15. The van der Waals surface area contributed by atoms with Gasteiger partial charge < -0.3 is 10.1 Å². The molecule has 7 nitrogen and oxygen atoms in total. The van der Waals surface area contributed by atoms with Crippen LogP contribution >= 0.6 is 0 Å². The third kappa shape index (κ3) is 3.65. The zero-order chi connectivity index (χ0) is 17.8. The quantitative estimate of drug-likeness (QED) is 0.723. The normalized spacial score (nSPS) is 11.9. The Bertz CT molecular complexity index is 905. The van der Waals surface area contributed by atoms with Crippen LogP contribution in [0.15, 0.2) is 48.5 Å². The lowest BCUT2D eigenvalue weighted by Gasteiger charge is -2.13. The van der Waals surface area contributed by atoms with E-state index in [2.05, 4.69) is 15.6 Å². The number of aromatic nitrogens is 3. The lowest BCUT2D eigenvalue weighted by atomic mass is 10.2. The van der Waals surface area contributed by atoms with Gasteiger partial charge in [-0.3, -0.25) is 4.79 Å². The van der Waals surface area contributed by atoms with E-state index in [-0.39, 0.29) is 0 Å². The van der Waals surface area contributed by atoms with Crippen molar-refractivity contribution >= 4 is 28.6 Å². The molecule has 1 heterocycles. The predicted molar refractivity (Wildman–Crippen MR) is 93.2 cm³/mol. The van der Waals surface area contributed by atoms with Crippen LogP contribution in [0.5, 0.6) is 0 Å². The van der Waals surface area contributed by atoms with Crippen LogP contribution in [0.3, 0.4) is 0 Å². The highest BCUT2D eigenvalue weighted by Gasteiger charge is 2.19. The minimum absolute atomic E-state index is 0.329. The Morgan fingerprint density at radius 3 is 2.68 bits per heavy atom. The Morgan fingerprint density at radius 2 is 1.96 bits per heavy atom. The minimum atomic E-state index is -0.922. The van der Waals surface area contributed by atoms with Gasteiger partial charge in [-0.15, -0.1) is 5.10 Å². The minimum Gasteiger partial charge on any atom is -0.449 e. The lowest BCUT2D eigenvalue weighted by Crippen LogP contribution is -2.29. The lowest BCUT2D eigenvalue weighted by molar-refractivity contribution is -0.123. The van der Waals surface area contributed by atoms with Gasteiger partial charge in [0.05, 0.1) is 11.1 Å². The van der Waals surface area contributed by atoms with Gasteiger partial charge in [-0.05, 0) is 44.2 Å². The number of hydrogen-bond acceptors (Lipinski definition) is 5. The van der Waals surface area contributed by atoms with Gasteiger partial charge in [-0.25, -0.2) is 9.48 Å². The molecular weight excluding hydrogens is 320 g/mol. The van der Waals surface area contributed by atoms with Crippen molar-refractivity contribution in [3.63, 3.8) is 0 Å². The highest BCUT2D eigenvalue weighted by molar-refractivity contribution is 5.98. The number of nitrogens with zero attached hydrogens (tertiary/aromatic N) is 3. The summed E-state index contributed by atoms with van der Waals surface area (Å²) < 4.78 is 6.98. The molecule has 0 aliphatic carbocycles. The van der Waals surface area contributed by atoms with E-state index in [0.29, 0.717) is 23.3 Å². The van der Waals surface area contributed by atoms with Crippen LogP contribution in [0.4, 0.5) is 5.69 Å². The van der Waals surface area contributed by atoms with Crippen molar-refractivity contribution in [1.29, 1.82) is 0 Å². The van der Waals surface area contributed by atoms with Crippen LogP contribution in [0.1, 0.15) is 24.2 Å². The summed E-state index contributed by atoms with van der Waals surface area (Å²) in [5.74, 6) is -0.971. The fraction of sp³-hybridized carbons (Fsp3) is 0.222. The second-order valence-corrected chi connectivity index (χ2v) is 5.51. The van der Waals surface area contributed by atoms with E-state index in [1.54, 1.807) is 35.0 Å². The predicted octanol–water partition coefficient (Wildman–Crippen LogP) is 2.64. The molecule has 0 saturated carbocycles. The van der Waals surface area contributed by atoms with Crippen LogP contribution in [0, 0.1) is 0 Å². The van der Waals surface area contributed by atoms with Gasteiger partial charge in [0.25, 0.3) is 5.91 Å². The number of carbonyl (C=O) groups excluding carboxylic acids is 2. The fourth-order valence-electron chi connectivity index (χ4n) is 2.38. The van der Waals surface area contributed by atoms with Gasteiger partial charge in [0.1, 0.15) is 5.52 Å². The van der Waals surface area contributed by atoms with E-state index >= 15 is 0 Å². The monoisotopic (exact) mass is 338 g/mol. The van der Waals surface area contributed by atoms with Gasteiger partial charge in [0.15, 0.2) is 6.10 Å². The summed E-state index contributed by atoms with van der Waals surface area (Å²) in [6.07, 6.45) is -0.922. The number of rotatable bonds is 5. The van der Waals surface area contributed by atoms with Crippen molar-refractivity contribution in [2.45, 2.75) is 26.5 Å². The largest absolute Gasteiger partial charge is 0.449 e. The molecular formula is C18H18N4O3. The third-order valence-electron chi connectivity index (χ3n) is 3.74. The summed E-state index contributed by atoms with van der Waals surface area (Å²) >= 11 is 0. The average Bonchev–Trinajstić information content (AvgIpc) is 3.04. The number of ether oxygens (including phenoxy) is 1. The van der Waals surface area contributed by atoms with Crippen molar-refractivity contribution in [2.75, 3.05) is 5.32 Å². The SMILES string of the molecule is CCn1nnc2cc(C(=O)OC(C)C(=O)Nc3ccccc3)ccc21. The summed E-state index contributed by atoms with van der Waals surface area (Å²) in [7, 11) is 0. The second-order valence-electron chi connectivity index (χ2n) is 5.51. The van der Waals surface area contributed by atoms with E-state index in [1.165, 1.54) is 6.92 Å². The average molecular weight is 338 g/mol. The van der Waals surface area contributed by atoms with Gasteiger partial charge in [0, 0.05) is 12.2 Å². The Morgan fingerprint density at radius 1 is 1.20 bits per heavy atom. The van der Waals surface area contributed by atoms with Gasteiger partial charge in [-0.1, -0.05) is 23.4 Å². The maximum atomic E-state index is 12.3. The van der Waals surface area contributed by atoms with Crippen LogP contribution in [0.25, 0.3) is 11.0 Å². The standard InChI is InChI=1S/C18H18N4O3/c1-3-22-16-10-9-13(11-15(16)20-21-22)18(24)25-12(2)17(23)19-14-7-5-4-6-8-14/h4-12H,3H2,1-2H3,(H,19,23). The summed E-state index contributed by atoms with van der Waals surface area (Å²) in [5.41, 5.74) is 2.43. The zero-order valence-corrected chi connectivity index (χ0v) is 14.0. The van der Waals surface area contributed by atoms with E-state index in [0.717, 1.165) is 5.52 Å². The molecule has 0 aliphatic heterocycles. The summed E-state index contributed by atoms with van der Waals surface area (Å²) in [6, 6.07) is 14.0. The first-order valence-corrected chi connectivity index (χ1v) is 7.98. The molecule has 0 fully saturated rings. The van der Waals surface area contributed by atoms with E-state index in [9.17, 15) is 9.59 Å². The van der Waals surface area contributed by atoms with Crippen molar-refractivity contribution < 1.29 is 14.3 Å². The number of fused-ring (bicyclic) bond motifs is 1. The molecule has 1 atom stereocenters. The van der Waals surface area contributed by atoms with Crippen LogP contribution < -0.4 is 5.32 Å². The Balaban J connectivity index is 1.67. The van der Waals surface area contributed by atoms with Gasteiger partial charge in [0.2, 0.25) is 0 Å². The topological polar surface area (TPSA) is 86.1 Å². The molecule has 3 rings (SSSR count). The third-order valence-corrected chi connectivity index (χ3v) is 3.74. The first-order valence-electron chi connectivity index (χ1n) is 7.98. The Labute approximate surface area is 144 Å². The number of anilines is 1. The van der Waals surface area contributed by atoms with Gasteiger partial charge in [-0.2, -0.15) is 0 Å². The van der Waals surface area contributed by atoms with E-state index in [1.807, 2.05) is 25.1 Å². The molecule has 0 radical (unpaired) electrons. The number of amides is 1. The number of esters is 1. The van der Waals surface area contributed by atoms with E-state index < -0.39 is 18.0 Å². The number of benzene rings is 2. The number of aryl methyl sites for hydroxylation is 1. The molecule has 0 aliphatic rings. The van der Waals surface area contributed by atoms with Crippen molar-refractivity contribution in [3.8, 4) is 0 Å². The summed E-state index contributed by atoms with van der Waals surface area (Å²) in [6.45, 7) is 4.18. The molecule has 7 heteroatoms. The number of carbonyl (C=O) groups is 2. The molecule has 1 N–H and O–H groups in total. The molecule has 25 heavy (non-hydrogen) atoms. The molecule has 2 aromatic carbocycles. The molecule has 1 unspecified atom stereocenters. The van der Waals surface area contributed by atoms with Crippen LogP contribution in [-0.4, -0.2) is 33.0 Å². The first kappa shape index (κ1) is 16.6.